The molecule has 2 rings (SSSR count). The van der Waals surface area contributed by atoms with Gasteiger partial charge in [0.1, 0.15) is 0 Å². The second kappa shape index (κ2) is 7.88. The Balaban J connectivity index is 1.68. The lowest BCUT2D eigenvalue weighted by molar-refractivity contribution is 0.0317. The zero-order chi connectivity index (χ0) is 12.8. The van der Waals surface area contributed by atoms with Gasteiger partial charge < -0.3 is 9.47 Å². The Morgan fingerprint density at radius 3 is 1.39 bits per heavy atom. The number of rotatable bonds is 5. The van der Waals surface area contributed by atoms with Crippen molar-refractivity contribution in [2.24, 2.45) is 0 Å². The van der Waals surface area contributed by atoms with Crippen LogP contribution in [0.1, 0.15) is 0 Å². The molecule has 0 aromatic carbocycles. The first-order chi connectivity index (χ1) is 8.75. The standard InChI is InChI=1S/C12H22Cl2N2O2/c13-11(9-15-1-5-17-6-2-15)12(14)10-16-3-7-18-8-4-16/h11-12H,1-10H2. The van der Waals surface area contributed by atoms with Gasteiger partial charge in [0.05, 0.1) is 37.2 Å². The molecular weight excluding hydrogens is 275 g/mol. The third kappa shape index (κ3) is 4.83. The van der Waals surface area contributed by atoms with Crippen molar-refractivity contribution >= 4 is 23.2 Å². The van der Waals surface area contributed by atoms with Gasteiger partial charge in [-0.15, -0.1) is 23.2 Å². The Kier molecular flexibility index (Phi) is 6.49. The maximum Gasteiger partial charge on any atom is 0.0639 e. The van der Waals surface area contributed by atoms with Gasteiger partial charge >= 0.3 is 0 Å². The molecule has 4 nitrogen and oxygen atoms in total. The summed E-state index contributed by atoms with van der Waals surface area (Å²) in [6.07, 6.45) is 0. The topological polar surface area (TPSA) is 24.9 Å². The molecule has 2 unspecified atom stereocenters. The zero-order valence-electron chi connectivity index (χ0n) is 10.7. The first kappa shape index (κ1) is 14.8. The van der Waals surface area contributed by atoms with Gasteiger partial charge in [0, 0.05) is 39.3 Å². The lowest BCUT2D eigenvalue weighted by Crippen LogP contribution is -2.46. The molecule has 106 valence electrons. The molecule has 0 amide bonds. The second-order valence-electron chi connectivity index (χ2n) is 4.86. The lowest BCUT2D eigenvalue weighted by Gasteiger charge is -2.32. The molecule has 6 heteroatoms. The predicted octanol–water partition coefficient (Wildman–Crippen LogP) is 0.866. The van der Waals surface area contributed by atoms with Crippen LogP contribution in [0.4, 0.5) is 0 Å². The predicted molar refractivity (Wildman–Crippen MR) is 73.8 cm³/mol. The van der Waals surface area contributed by atoms with Crippen LogP contribution in [0.2, 0.25) is 0 Å². The highest BCUT2D eigenvalue weighted by atomic mass is 35.5. The summed E-state index contributed by atoms with van der Waals surface area (Å²) < 4.78 is 10.6. The van der Waals surface area contributed by atoms with Crippen molar-refractivity contribution < 1.29 is 9.47 Å². The van der Waals surface area contributed by atoms with Gasteiger partial charge in [-0.2, -0.15) is 0 Å². The summed E-state index contributed by atoms with van der Waals surface area (Å²) in [6, 6.07) is 0. The fourth-order valence-corrected chi connectivity index (χ4v) is 2.84. The molecule has 0 aromatic heterocycles. The molecule has 2 aliphatic rings. The van der Waals surface area contributed by atoms with E-state index in [1.165, 1.54) is 0 Å². The molecule has 0 aromatic rings. The molecule has 0 bridgehead atoms. The molecule has 0 aliphatic carbocycles. The smallest absolute Gasteiger partial charge is 0.0639 e. The van der Waals surface area contributed by atoms with Crippen molar-refractivity contribution in [1.29, 1.82) is 0 Å². The van der Waals surface area contributed by atoms with E-state index in [9.17, 15) is 0 Å². The molecule has 18 heavy (non-hydrogen) atoms. The van der Waals surface area contributed by atoms with E-state index in [1.54, 1.807) is 0 Å². The molecule has 2 aliphatic heterocycles. The third-order valence-electron chi connectivity index (χ3n) is 3.47. The first-order valence-electron chi connectivity index (χ1n) is 6.64. The summed E-state index contributed by atoms with van der Waals surface area (Å²) in [4.78, 5) is 4.66. The van der Waals surface area contributed by atoms with Crippen molar-refractivity contribution in [2.75, 3.05) is 65.7 Å². The van der Waals surface area contributed by atoms with E-state index in [2.05, 4.69) is 9.80 Å². The summed E-state index contributed by atoms with van der Waals surface area (Å²) >= 11 is 12.8. The summed E-state index contributed by atoms with van der Waals surface area (Å²) in [5.74, 6) is 0. The van der Waals surface area contributed by atoms with Crippen LogP contribution in [0.25, 0.3) is 0 Å². The normalized spacial score (nSPS) is 27.0. The monoisotopic (exact) mass is 296 g/mol. The zero-order valence-corrected chi connectivity index (χ0v) is 12.2. The molecular formula is C12H22Cl2N2O2. The minimum Gasteiger partial charge on any atom is -0.379 e. The van der Waals surface area contributed by atoms with Crippen molar-refractivity contribution in [1.82, 2.24) is 9.80 Å². The van der Waals surface area contributed by atoms with Crippen LogP contribution < -0.4 is 0 Å². The van der Waals surface area contributed by atoms with E-state index in [0.717, 1.165) is 65.7 Å². The summed E-state index contributed by atoms with van der Waals surface area (Å²) in [6.45, 7) is 8.77. The maximum absolute atomic E-state index is 6.41. The largest absolute Gasteiger partial charge is 0.379 e. The summed E-state index contributed by atoms with van der Waals surface area (Å²) in [7, 11) is 0. The van der Waals surface area contributed by atoms with E-state index >= 15 is 0 Å². The van der Waals surface area contributed by atoms with E-state index in [-0.39, 0.29) is 10.8 Å². The Morgan fingerprint density at radius 2 is 1.06 bits per heavy atom. The fourth-order valence-electron chi connectivity index (χ4n) is 2.29. The van der Waals surface area contributed by atoms with E-state index in [4.69, 9.17) is 32.7 Å². The van der Waals surface area contributed by atoms with Gasteiger partial charge in [0.25, 0.3) is 0 Å². The molecule has 2 heterocycles. The van der Waals surface area contributed by atoms with Gasteiger partial charge in [-0.05, 0) is 0 Å². The molecule has 0 N–H and O–H groups in total. The minimum atomic E-state index is -0.00684. The number of halogens is 2. The molecule has 0 spiro atoms. The fraction of sp³-hybridized carbons (Fsp3) is 1.00. The third-order valence-corrected chi connectivity index (χ3v) is 4.48. The quantitative estimate of drug-likeness (QED) is 0.703. The van der Waals surface area contributed by atoms with Crippen molar-refractivity contribution in [3.05, 3.63) is 0 Å². The molecule has 2 saturated heterocycles. The average Bonchev–Trinajstić information content (AvgIpc) is 2.41. The van der Waals surface area contributed by atoms with E-state index in [1.807, 2.05) is 0 Å². The number of morpholine rings is 2. The number of ether oxygens (including phenoxy) is 2. The SMILES string of the molecule is ClC(CN1CCOCC1)C(Cl)CN1CCOCC1. The maximum atomic E-state index is 6.41. The van der Waals surface area contributed by atoms with E-state index in [0.29, 0.717) is 0 Å². The van der Waals surface area contributed by atoms with Crippen molar-refractivity contribution in [3.8, 4) is 0 Å². The highest BCUT2D eigenvalue weighted by Gasteiger charge is 2.24. The number of hydrogen-bond donors (Lipinski definition) is 0. The Morgan fingerprint density at radius 1 is 0.722 bits per heavy atom. The Hall–Kier alpha value is 0.420. The Bertz CT molecular complexity index is 210. The lowest BCUT2D eigenvalue weighted by atomic mass is 10.2. The van der Waals surface area contributed by atoms with Gasteiger partial charge in [0.15, 0.2) is 0 Å². The molecule has 2 fully saturated rings. The molecule has 0 radical (unpaired) electrons. The number of alkyl halides is 2. The van der Waals surface area contributed by atoms with Crippen LogP contribution >= 0.6 is 23.2 Å². The summed E-state index contributed by atoms with van der Waals surface area (Å²) in [5.41, 5.74) is 0. The number of nitrogens with zero attached hydrogens (tertiary/aromatic N) is 2. The van der Waals surface area contributed by atoms with Crippen LogP contribution in [-0.4, -0.2) is 86.3 Å². The minimum absolute atomic E-state index is 0.00684. The molecule has 0 saturated carbocycles. The highest BCUT2D eigenvalue weighted by Crippen LogP contribution is 2.15. The highest BCUT2D eigenvalue weighted by molar-refractivity contribution is 6.30. The van der Waals surface area contributed by atoms with Crippen molar-refractivity contribution in [3.63, 3.8) is 0 Å². The first-order valence-corrected chi connectivity index (χ1v) is 7.51. The summed E-state index contributed by atoms with van der Waals surface area (Å²) in [5, 5.41) is -0.0137. The van der Waals surface area contributed by atoms with Crippen LogP contribution in [0.3, 0.4) is 0 Å². The van der Waals surface area contributed by atoms with Gasteiger partial charge in [0.2, 0.25) is 0 Å². The molecule has 2 atom stereocenters. The van der Waals surface area contributed by atoms with Gasteiger partial charge in [-0.3, -0.25) is 9.80 Å². The van der Waals surface area contributed by atoms with Crippen LogP contribution in [0, 0.1) is 0 Å². The Labute approximate surface area is 119 Å². The second-order valence-corrected chi connectivity index (χ2v) is 5.98. The number of hydrogen-bond acceptors (Lipinski definition) is 4. The van der Waals surface area contributed by atoms with Gasteiger partial charge in [-0.25, -0.2) is 0 Å². The average molecular weight is 297 g/mol. The van der Waals surface area contributed by atoms with Crippen LogP contribution in [0.15, 0.2) is 0 Å². The van der Waals surface area contributed by atoms with Gasteiger partial charge in [-0.1, -0.05) is 0 Å². The van der Waals surface area contributed by atoms with Crippen LogP contribution in [0.5, 0.6) is 0 Å². The van der Waals surface area contributed by atoms with Crippen LogP contribution in [-0.2, 0) is 9.47 Å². The van der Waals surface area contributed by atoms with E-state index < -0.39 is 0 Å². The van der Waals surface area contributed by atoms with Crippen molar-refractivity contribution in [2.45, 2.75) is 10.8 Å².